The van der Waals surface area contributed by atoms with Crippen molar-refractivity contribution in [3.05, 3.63) is 0 Å². The number of fused-ring (bicyclic) bond motifs is 1. The standard InChI is InChI=1S/C15H28N2/c1-2-5-13(4-1)7-9-16-14-8-11-17-10-3-6-15(17)12-14/h13-16H,1-12H2. The van der Waals surface area contributed by atoms with E-state index in [1.54, 1.807) is 0 Å². The largest absolute Gasteiger partial charge is 0.314 e. The zero-order valence-electron chi connectivity index (χ0n) is 11.2. The fourth-order valence-corrected chi connectivity index (χ4v) is 4.20. The minimum atomic E-state index is 0.829. The molecule has 17 heavy (non-hydrogen) atoms. The molecule has 2 nitrogen and oxygen atoms in total. The third kappa shape index (κ3) is 3.03. The van der Waals surface area contributed by atoms with Gasteiger partial charge < -0.3 is 10.2 Å². The van der Waals surface area contributed by atoms with E-state index in [9.17, 15) is 0 Å². The number of hydrogen-bond donors (Lipinski definition) is 1. The molecule has 2 saturated heterocycles. The summed E-state index contributed by atoms with van der Waals surface area (Å²) in [6.45, 7) is 4.01. The smallest absolute Gasteiger partial charge is 0.0111 e. The average Bonchev–Trinajstić information content (AvgIpc) is 2.98. The zero-order valence-corrected chi connectivity index (χ0v) is 11.2. The molecule has 2 atom stereocenters. The molecule has 0 radical (unpaired) electrons. The molecule has 0 amide bonds. The van der Waals surface area contributed by atoms with Crippen molar-refractivity contribution in [3.63, 3.8) is 0 Å². The molecular formula is C15H28N2. The number of piperidine rings is 1. The van der Waals surface area contributed by atoms with Crippen LogP contribution in [0.5, 0.6) is 0 Å². The van der Waals surface area contributed by atoms with Crippen LogP contribution in [0.25, 0.3) is 0 Å². The molecule has 0 bridgehead atoms. The Bertz CT molecular complexity index is 235. The van der Waals surface area contributed by atoms with Crippen LogP contribution in [0.3, 0.4) is 0 Å². The summed E-state index contributed by atoms with van der Waals surface area (Å²) in [7, 11) is 0. The third-order valence-electron chi connectivity index (χ3n) is 5.28. The van der Waals surface area contributed by atoms with E-state index in [0.29, 0.717) is 0 Å². The van der Waals surface area contributed by atoms with E-state index in [4.69, 9.17) is 0 Å². The van der Waals surface area contributed by atoms with E-state index in [2.05, 4.69) is 10.2 Å². The third-order valence-corrected chi connectivity index (χ3v) is 5.28. The molecule has 3 fully saturated rings. The zero-order chi connectivity index (χ0) is 11.5. The lowest BCUT2D eigenvalue weighted by Gasteiger charge is -2.35. The van der Waals surface area contributed by atoms with Gasteiger partial charge in [0.05, 0.1) is 0 Å². The van der Waals surface area contributed by atoms with Crippen LogP contribution in [0.1, 0.15) is 57.8 Å². The fraction of sp³-hybridized carbons (Fsp3) is 1.00. The van der Waals surface area contributed by atoms with Gasteiger partial charge in [-0.05, 0) is 57.7 Å². The number of nitrogens with one attached hydrogen (secondary N) is 1. The highest BCUT2D eigenvalue weighted by Gasteiger charge is 2.31. The molecule has 1 saturated carbocycles. The highest BCUT2D eigenvalue weighted by Crippen LogP contribution is 2.28. The van der Waals surface area contributed by atoms with Crippen LogP contribution in [-0.4, -0.2) is 36.6 Å². The van der Waals surface area contributed by atoms with E-state index in [0.717, 1.165) is 18.0 Å². The van der Waals surface area contributed by atoms with E-state index < -0.39 is 0 Å². The summed E-state index contributed by atoms with van der Waals surface area (Å²) < 4.78 is 0. The van der Waals surface area contributed by atoms with Gasteiger partial charge in [-0.25, -0.2) is 0 Å². The van der Waals surface area contributed by atoms with Crippen LogP contribution in [0, 0.1) is 5.92 Å². The van der Waals surface area contributed by atoms with E-state index in [-0.39, 0.29) is 0 Å². The molecule has 3 aliphatic rings. The first-order valence-electron chi connectivity index (χ1n) is 7.89. The van der Waals surface area contributed by atoms with Crippen molar-refractivity contribution in [3.8, 4) is 0 Å². The number of rotatable bonds is 4. The van der Waals surface area contributed by atoms with Gasteiger partial charge in [-0.2, -0.15) is 0 Å². The highest BCUT2D eigenvalue weighted by molar-refractivity contribution is 4.89. The molecule has 0 spiro atoms. The quantitative estimate of drug-likeness (QED) is 0.807. The summed E-state index contributed by atoms with van der Waals surface area (Å²) in [5, 5.41) is 3.83. The molecule has 0 aromatic rings. The maximum absolute atomic E-state index is 3.83. The Hall–Kier alpha value is -0.0800. The monoisotopic (exact) mass is 236 g/mol. The van der Waals surface area contributed by atoms with Crippen LogP contribution in [-0.2, 0) is 0 Å². The topological polar surface area (TPSA) is 15.3 Å². The van der Waals surface area contributed by atoms with Gasteiger partial charge in [-0.15, -0.1) is 0 Å². The van der Waals surface area contributed by atoms with Gasteiger partial charge in [0, 0.05) is 12.1 Å². The summed E-state index contributed by atoms with van der Waals surface area (Å²) in [6.07, 6.45) is 13.1. The molecule has 1 aliphatic carbocycles. The van der Waals surface area contributed by atoms with Crippen LogP contribution < -0.4 is 5.32 Å². The van der Waals surface area contributed by atoms with Crippen molar-refractivity contribution in [2.24, 2.45) is 5.92 Å². The molecule has 0 aromatic carbocycles. The van der Waals surface area contributed by atoms with E-state index in [1.165, 1.54) is 77.4 Å². The molecule has 98 valence electrons. The minimum absolute atomic E-state index is 0.829. The molecule has 3 rings (SSSR count). The molecule has 1 N–H and O–H groups in total. The lowest BCUT2D eigenvalue weighted by Crippen LogP contribution is -2.46. The van der Waals surface area contributed by atoms with Gasteiger partial charge >= 0.3 is 0 Å². The average molecular weight is 236 g/mol. The first-order chi connectivity index (χ1) is 8.42. The number of hydrogen-bond acceptors (Lipinski definition) is 2. The second-order valence-corrected chi connectivity index (χ2v) is 6.45. The Balaban J connectivity index is 1.34. The van der Waals surface area contributed by atoms with E-state index in [1.807, 2.05) is 0 Å². The lowest BCUT2D eigenvalue weighted by molar-refractivity contribution is 0.166. The Kier molecular flexibility index (Phi) is 4.02. The van der Waals surface area contributed by atoms with E-state index >= 15 is 0 Å². The van der Waals surface area contributed by atoms with Crippen LogP contribution in [0.15, 0.2) is 0 Å². The van der Waals surface area contributed by atoms with Crippen molar-refractivity contribution in [2.75, 3.05) is 19.6 Å². The van der Waals surface area contributed by atoms with Crippen molar-refractivity contribution >= 4 is 0 Å². The Morgan fingerprint density at radius 2 is 1.82 bits per heavy atom. The van der Waals surface area contributed by atoms with Gasteiger partial charge in [0.2, 0.25) is 0 Å². The summed E-state index contributed by atoms with van der Waals surface area (Å²) in [5.41, 5.74) is 0. The lowest BCUT2D eigenvalue weighted by atomic mass is 9.97. The summed E-state index contributed by atoms with van der Waals surface area (Å²) in [5.74, 6) is 1.05. The Morgan fingerprint density at radius 1 is 0.941 bits per heavy atom. The highest BCUT2D eigenvalue weighted by atomic mass is 15.2. The second-order valence-electron chi connectivity index (χ2n) is 6.45. The normalized spacial score (nSPS) is 35.3. The maximum atomic E-state index is 3.83. The summed E-state index contributed by atoms with van der Waals surface area (Å²) in [6, 6.07) is 1.75. The van der Waals surface area contributed by atoms with Crippen molar-refractivity contribution in [1.82, 2.24) is 10.2 Å². The van der Waals surface area contributed by atoms with Gasteiger partial charge in [-0.1, -0.05) is 25.7 Å². The molecule has 2 heterocycles. The predicted octanol–water partition coefficient (Wildman–Crippen LogP) is 2.78. The molecular weight excluding hydrogens is 208 g/mol. The van der Waals surface area contributed by atoms with Crippen LogP contribution >= 0.6 is 0 Å². The molecule has 2 aliphatic heterocycles. The minimum Gasteiger partial charge on any atom is -0.314 e. The fourth-order valence-electron chi connectivity index (χ4n) is 4.20. The van der Waals surface area contributed by atoms with Crippen molar-refractivity contribution < 1.29 is 0 Å². The summed E-state index contributed by atoms with van der Waals surface area (Å²) in [4.78, 5) is 2.72. The first kappa shape index (κ1) is 12.0. The van der Waals surface area contributed by atoms with Crippen molar-refractivity contribution in [1.29, 1.82) is 0 Å². The molecule has 0 aromatic heterocycles. The summed E-state index contributed by atoms with van der Waals surface area (Å²) >= 11 is 0. The Morgan fingerprint density at radius 3 is 2.71 bits per heavy atom. The van der Waals surface area contributed by atoms with Gasteiger partial charge in [0.15, 0.2) is 0 Å². The second kappa shape index (κ2) is 5.71. The SMILES string of the molecule is C1CCC(CCNC2CCN3CCCC3C2)C1. The molecule has 2 unspecified atom stereocenters. The van der Waals surface area contributed by atoms with Crippen LogP contribution in [0.2, 0.25) is 0 Å². The van der Waals surface area contributed by atoms with Gasteiger partial charge in [-0.3, -0.25) is 0 Å². The maximum Gasteiger partial charge on any atom is 0.0111 e. The van der Waals surface area contributed by atoms with Crippen molar-refractivity contribution in [2.45, 2.75) is 69.9 Å². The van der Waals surface area contributed by atoms with Crippen LogP contribution in [0.4, 0.5) is 0 Å². The van der Waals surface area contributed by atoms with Gasteiger partial charge in [0.1, 0.15) is 0 Å². The Labute approximate surface area is 106 Å². The first-order valence-corrected chi connectivity index (χ1v) is 7.89. The molecule has 2 heteroatoms. The predicted molar refractivity (Wildman–Crippen MR) is 72.2 cm³/mol. The van der Waals surface area contributed by atoms with Gasteiger partial charge in [0.25, 0.3) is 0 Å². The number of nitrogens with zero attached hydrogens (tertiary/aromatic N) is 1.